The van der Waals surface area contributed by atoms with Crippen molar-refractivity contribution in [3.8, 4) is 0 Å². The lowest BCUT2D eigenvalue weighted by atomic mass is 10.1. The molecule has 1 aromatic carbocycles. The van der Waals surface area contributed by atoms with E-state index in [4.69, 9.17) is 0 Å². The van der Waals surface area contributed by atoms with Crippen LogP contribution >= 0.6 is 11.3 Å². The quantitative estimate of drug-likeness (QED) is 0.697. The third-order valence-electron chi connectivity index (χ3n) is 4.66. The number of anilines is 1. The van der Waals surface area contributed by atoms with Gasteiger partial charge in [-0.05, 0) is 50.3 Å². The Balaban J connectivity index is 1.79. The Labute approximate surface area is 163 Å². The number of hydrogen-bond acceptors (Lipinski definition) is 6. The number of rotatable bonds is 8. The summed E-state index contributed by atoms with van der Waals surface area (Å²) in [6, 6.07) is 4.59. The molecule has 1 fully saturated rings. The lowest BCUT2D eigenvalue weighted by Crippen LogP contribution is -2.26. The first kappa shape index (κ1) is 19.9. The van der Waals surface area contributed by atoms with Crippen LogP contribution in [0.3, 0.4) is 0 Å². The maximum atomic E-state index is 12.7. The Kier molecular flexibility index (Phi) is 5.92. The SMILES string of the molecule is CCC(CC)c1nnc(NC(=O)c2cc(S(=O)(=O)NC3CC3)ccc2C)s1. The normalized spacial score (nSPS) is 14.5. The Morgan fingerprint density at radius 1 is 1.26 bits per heavy atom. The van der Waals surface area contributed by atoms with Crippen molar-refractivity contribution in [1.82, 2.24) is 14.9 Å². The van der Waals surface area contributed by atoms with Crippen LogP contribution in [0.25, 0.3) is 0 Å². The van der Waals surface area contributed by atoms with Crippen LogP contribution in [0.2, 0.25) is 0 Å². The molecular weight excluding hydrogens is 384 g/mol. The zero-order chi connectivity index (χ0) is 19.6. The van der Waals surface area contributed by atoms with Gasteiger partial charge in [-0.15, -0.1) is 10.2 Å². The van der Waals surface area contributed by atoms with Gasteiger partial charge in [0, 0.05) is 17.5 Å². The molecule has 0 radical (unpaired) electrons. The third-order valence-corrected chi connectivity index (χ3v) is 7.18. The van der Waals surface area contributed by atoms with Crippen LogP contribution in [-0.4, -0.2) is 30.6 Å². The van der Waals surface area contributed by atoms with Crippen molar-refractivity contribution in [3.63, 3.8) is 0 Å². The molecule has 146 valence electrons. The summed E-state index contributed by atoms with van der Waals surface area (Å²) >= 11 is 1.36. The topological polar surface area (TPSA) is 101 Å². The van der Waals surface area contributed by atoms with E-state index in [1.165, 1.54) is 23.5 Å². The molecule has 9 heteroatoms. The Bertz CT molecular complexity index is 932. The number of amides is 1. The summed E-state index contributed by atoms with van der Waals surface area (Å²) in [7, 11) is -3.61. The van der Waals surface area contributed by atoms with Gasteiger partial charge < -0.3 is 0 Å². The summed E-state index contributed by atoms with van der Waals surface area (Å²) in [6.07, 6.45) is 3.64. The number of aryl methyl sites for hydroxylation is 1. The summed E-state index contributed by atoms with van der Waals surface area (Å²) in [4.78, 5) is 12.8. The lowest BCUT2D eigenvalue weighted by Gasteiger charge is -2.10. The molecule has 1 aliphatic carbocycles. The minimum Gasteiger partial charge on any atom is -0.296 e. The first-order valence-corrected chi connectivity index (χ1v) is 11.4. The van der Waals surface area contributed by atoms with E-state index in [2.05, 4.69) is 34.1 Å². The summed E-state index contributed by atoms with van der Waals surface area (Å²) in [6.45, 7) is 5.97. The molecule has 3 rings (SSSR count). The zero-order valence-corrected chi connectivity index (χ0v) is 17.3. The Morgan fingerprint density at radius 3 is 2.59 bits per heavy atom. The van der Waals surface area contributed by atoms with Crippen LogP contribution in [-0.2, 0) is 10.0 Å². The van der Waals surface area contributed by atoms with Crippen molar-refractivity contribution in [2.24, 2.45) is 0 Å². The average molecular weight is 409 g/mol. The standard InChI is InChI=1S/C18H24N4O3S2/c1-4-12(5-2)17-20-21-18(26-17)19-16(23)15-10-14(9-6-11(15)3)27(24,25)22-13-7-8-13/h6,9-10,12-13,22H,4-5,7-8H2,1-3H3,(H,19,21,23). The molecule has 2 N–H and O–H groups in total. The van der Waals surface area contributed by atoms with Gasteiger partial charge in [0.15, 0.2) is 0 Å². The van der Waals surface area contributed by atoms with Crippen LogP contribution in [0, 0.1) is 6.92 Å². The van der Waals surface area contributed by atoms with Gasteiger partial charge in [0.2, 0.25) is 15.2 Å². The predicted molar refractivity (Wildman–Crippen MR) is 106 cm³/mol. The monoisotopic (exact) mass is 408 g/mol. The molecule has 1 heterocycles. The fraction of sp³-hybridized carbons (Fsp3) is 0.500. The van der Waals surface area contributed by atoms with E-state index in [9.17, 15) is 13.2 Å². The van der Waals surface area contributed by atoms with Crippen molar-refractivity contribution >= 4 is 32.4 Å². The van der Waals surface area contributed by atoms with E-state index in [1.807, 2.05) is 0 Å². The highest BCUT2D eigenvalue weighted by molar-refractivity contribution is 7.89. The molecule has 0 bridgehead atoms. The van der Waals surface area contributed by atoms with Gasteiger partial charge in [-0.2, -0.15) is 0 Å². The molecule has 2 aromatic rings. The maximum Gasteiger partial charge on any atom is 0.257 e. The van der Waals surface area contributed by atoms with Gasteiger partial charge in [0.25, 0.3) is 5.91 Å². The summed E-state index contributed by atoms with van der Waals surface area (Å²) < 4.78 is 27.4. The van der Waals surface area contributed by atoms with Crippen molar-refractivity contribution in [2.75, 3.05) is 5.32 Å². The zero-order valence-electron chi connectivity index (χ0n) is 15.7. The molecule has 1 saturated carbocycles. The number of carbonyl (C=O) groups is 1. The van der Waals surface area contributed by atoms with Crippen molar-refractivity contribution in [2.45, 2.75) is 63.3 Å². The minimum absolute atomic E-state index is 0.0125. The molecule has 27 heavy (non-hydrogen) atoms. The highest BCUT2D eigenvalue weighted by Gasteiger charge is 2.28. The molecule has 0 unspecified atom stereocenters. The number of benzene rings is 1. The van der Waals surface area contributed by atoms with Crippen molar-refractivity contribution in [3.05, 3.63) is 34.3 Å². The van der Waals surface area contributed by atoms with E-state index in [0.717, 1.165) is 30.7 Å². The molecule has 0 saturated heterocycles. The molecular formula is C18H24N4O3S2. The van der Waals surface area contributed by atoms with E-state index in [0.29, 0.717) is 22.2 Å². The number of sulfonamides is 1. The molecule has 1 aromatic heterocycles. The molecule has 1 amide bonds. The summed E-state index contributed by atoms with van der Waals surface area (Å²) in [5.41, 5.74) is 1.01. The smallest absolute Gasteiger partial charge is 0.257 e. The molecule has 0 aliphatic heterocycles. The van der Waals surface area contributed by atoms with E-state index in [-0.39, 0.29) is 16.8 Å². The summed E-state index contributed by atoms with van der Waals surface area (Å²) in [5.74, 6) is -0.0555. The molecule has 0 atom stereocenters. The number of nitrogens with one attached hydrogen (secondary N) is 2. The average Bonchev–Trinajstić information content (AvgIpc) is 3.31. The van der Waals surface area contributed by atoms with Crippen molar-refractivity contribution < 1.29 is 13.2 Å². The van der Waals surface area contributed by atoms with E-state index < -0.39 is 10.0 Å². The number of nitrogens with zero attached hydrogens (tertiary/aromatic N) is 2. The van der Waals surface area contributed by atoms with Crippen LogP contribution in [0.4, 0.5) is 5.13 Å². The van der Waals surface area contributed by atoms with Crippen molar-refractivity contribution in [1.29, 1.82) is 0 Å². The molecule has 0 spiro atoms. The van der Waals surface area contributed by atoms with Crippen LogP contribution in [0.15, 0.2) is 23.1 Å². The van der Waals surface area contributed by atoms with Crippen LogP contribution < -0.4 is 10.0 Å². The highest BCUT2D eigenvalue weighted by Crippen LogP contribution is 2.29. The number of hydrogen-bond donors (Lipinski definition) is 2. The fourth-order valence-electron chi connectivity index (χ4n) is 2.75. The summed E-state index contributed by atoms with van der Waals surface area (Å²) in [5, 5.41) is 12.3. The van der Waals surface area contributed by atoms with Gasteiger partial charge >= 0.3 is 0 Å². The van der Waals surface area contributed by atoms with E-state index in [1.54, 1.807) is 13.0 Å². The van der Waals surface area contributed by atoms with E-state index >= 15 is 0 Å². The second-order valence-electron chi connectivity index (χ2n) is 6.79. The second-order valence-corrected chi connectivity index (χ2v) is 9.51. The van der Waals surface area contributed by atoms with Gasteiger partial charge in [0.05, 0.1) is 4.90 Å². The maximum absolute atomic E-state index is 12.7. The second kappa shape index (κ2) is 8.04. The van der Waals surface area contributed by atoms with Gasteiger partial charge in [0.1, 0.15) is 5.01 Å². The lowest BCUT2D eigenvalue weighted by molar-refractivity contribution is 0.102. The largest absolute Gasteiger partial charge is 0.296 e. The minimum atomic E-state index is -3.61. The first-order valence-electron chi connectivity index (χ1n) is 9.11. The van der Waals surface area contributed by atoms with Gasteiger partial charge in [-0.1, -0.05) is 31.3 Å². The van der Waals surface area contributed by atoms with Crippen LogP contribution in [0.5, 0.6) is 0 Å². The van der Waals surface area contributed by atoms with Gasteiger partial charge in [-0.3, -0.25) is 10.1 Å². The van der Waals surface area contributed by atoms with Crippen LogP contribution in [0.1, 0.15) is 66.4 Å². The number of aromatic nitrogens is 2. The Hall–Kier alpha value is -1.84. The first-order chi connectivity index (χ1) is 12.8. The molecule has 1 aliphatic rings. The molecule has 7 nitrogen and oxygen atoms in total. The third kappa shape index (κ3) is 4.72. The highest BCUT2D eigenvalue weighted by atomic mass is 32.2. The fourth-order valence-corrected chi connectivity index (χ4v) is 5.09. The number of carbonyl (C=O) groups excluding carboxylic acids is 1. The Morgan fingerprint density at radius 2 is 1.96 bits per heavy atom. The predicted octanol–water partition coefficient (Wildman–Crippen LogP) is 3.44. The van der Waals surface area contributed by atoms with Gasteiger partial charge in [-0.25, -0.2) is 13.1 Å².